The maximum atomic E-state index is 10.7. The van der Waals surface area contributed by atoms with Crippen LogP contribution >= 0.6 is 0 Å². The van der Waals surface area contributed by atoms with E-state index in [1.165, 1.54) is 0 Å². The fourth-order valence-corrected chi connectivity index (χ4v) is 1.93. The number of pyridine rings is 1. The number of carboxylic acids is 1. The fourth-order valence-electron chi connectivity index (χ4n) is 1.93. The molecule has 2 N–H and O–H groups in total. The van der Waals surface area contributed by atoms with Crippen LogP contribution in [0.15, 0.2) is 18.2 Å². The van der Waals surface area contributed by atoms with E-state index in [9.17, 15) is 4.79 Å². The number of aryl methyl sites for hydroxylation is 1. The summed E-state index contributed by atoms with van der Waals surface area (Å²) in [5.74, 6) is -0.949. The molecule has 0 bridgehead atoms. The number of aliphatic carboxylic acids is 1. The Kier molecular flexibility index (Phi) is 6.50. The third-order valence-corrected chi connectivity index (χ3v) is 3.27. The summed E-state index contributed by atoms with van der Waals surface area (Å²) in [7, 11) is 0. The van der Waals surface area contributed by atoms with E-state index in [4.69, 9.17) is 5.11 Å². The van der Waals surface area contributed by atoms with Gasteiger partial charge in [0.15, 0.2) is 0 Å². The molecule has 1 rings (SSSR count). The van der Waals surface area contributed by atoms with Crippen molar-refractivity contribution in [2.75, 3.05) is 0 Å². The Hall–Kier alpha value is -1.42. The summed E-state index contributed by atoms with van der Waals surface area (Å²) < 4.78 is 0. The zero-order valence-electron chi connectivity index (χ0n) is 12.0. The second kappa shape index (κ2) is 7.89. The molecule has 0 fully saturated rings. The van der Waals surface area contributed by atoms with Gasteiger partial charge in [-0.15, -0.1) is 0 Å². The average molecular weight is 264 g/mol. The van der Waals surface area contributed by atoms with Crippen molar-refractivity contribution in [3.05, 3.63) is 29.6 Å². The van der Waals surface area contributed by atoms with Gasteiger partial charge in [0.1, 0.15) is 0 Å². The molecule has 0 saturated heterocycles. The number of rotatable bonds is 8. The van der Waals surface area contributed by atoms with E-state index in [0.29, 0.717) is 6.04 Å². The minimum Gasteiger partial charge on any atom is -0.481 e. The highest BCUT2D eigenvalue weighted by Gasteiger charge is 2.11. The number of aromatic nitrogens is 1. The molecule has 0 saturated carbocycles. The summed E-state index contributed by atoms with van der Waals surface area (Å²) in [5, 5.41) is 12.2. The lowest BCUT2D eigenvalue weighted by Gasteiger charge is -2.14. The Morgan fingerprint density at radius 2 is 2.11 bits per heavy atom. The maximum absolute atomic E-state index is 10.7. The number of nitrogens with zero attached hydrogens (tertiary/aromatic N) is 1. The minimum atomic E-state index is -0.704. The lowest BCUT2D eigenvalue weighted by atomic mass is 10.0. The summed E-state index contributed by atoms with van der Waals surface area (Å²) in [6, 6.07) is 6.39. The van der Waals surface area contributed by atoms with E-state index in [-0.39, 0.29) is 5.92 Å². The molecule has 106 valence electrons. The molecule has 19 heavy (non-hydrogen) atoms. The molecule has 0 aliphatic heterocycles. The molecule has 4 nitrogen and oxygen atoms in total. The van der Waals surface area contributed by atoms with Crippen LogP contribution in [0.25, 0.3) is 0 Å². The highest BCUT2D eigenvalue weighted by Crippen LogP contribution is 2.10. The van der Waals surface area contributed by atoms with Crippen molar-refractivity contribution >= 4 is 5.97 Å². The zero-order valence-corrected chi connectivity index (χ0v) is 12.0. The second-order valence-corrected chi connectivity index (χ2v) is 5.22. The van der Waals surface area contributed by atoms with Gasteiger partial charge in [-0.2, -0.15) is 0 Å². The van der Waals surface area contributed by atoms with E-state index in [1.807, 2.05) is 25.1 Å². The van der Waals surface area contributed by atoms with Crippen molar-refractivity contribution < 1.29 is 9.90 Å². The molecule has 1 aromatic rings. The van der Waals surface area contributed by atoms with Crippen molar-refractivity contribution in [3.8, 4) is 0 Å². The number of hydrogen-bond acceptors (Lipinski definition) is 3. The summed E-state index contributed by atoms with van der Waals surface area (Å²) in [6.45, 7) is 6.63. The molecule has 2 unspecified atom stereocenters. The van der Waals surface area contributed by atoms with Gasteiger partial charge in [-0.25, -0.2) is 0 Å². The first-order valence-electron chi connectivity index (χ1n) is 6.87. The molecule has 0 spiro atoms. The Balaban J connectivity index is 2.21. The van der Waals surface area contributed by atoms with Crippen molar-refractivity contribution in [2.45, 2.75) is 52.6 Å². The predicted octanol–water partition coefficient (Wildman–Crippen LogP) is 2.76. The standard InChI is InChI=1S/C15H24N2O2/c1-11(15(18)19)6-4-7-12(2)16-10-14-9-5-8-13(3)17-14/h5,8-9,11-12,16H,4,6-7,10H2,1-3H3,(H,18,19). The second-order valence-electron chi connectivity index (χ2n) is 5.22. The van der Waals surface area contributed by atoms with Gasteiger partial charge < -0.3 is 10.4 Å². The van der Waals surface area contributed by atoms with Crippen LogP contribution in [0.2, 0.25) is 0 Å². The first-order chi connectivity index (χ1) is 8.99. The smallest absolute Gasteiger partial charge is 0.306 e. The molecule has 0 aliphatic rings. The van der Waals surface area contributed by atoms with Gasteiger partial charge in [0, 0.05) is 18.3 Å². The van der Waals surface area contributed by atoms with Crippen LogP contribution in [-0.4, -0.2) is 22.1 Å². The number of nitrogens with one attached hydrogen (secondary N) is 1. The summed E-state index contributed by atoms with van der Waals surface area (Å²) >= 11 is 0. The van der Waals surface area contributed by atoms with Gasteiger partial charge in [0.2, 0.25) is 0 Å². The molecule has 0 aromatic carbocycles. The summed E-state index contributed by atoms with van der Waals surface area (Å²) in [6.07, 6.45) is 2.66. The van der Waals surface area contributed by atoms with Crippen LogP contribution < -0.4 is 5.32 Å². The highest BCUT2D eigenvalue weighted by atomic mass is 16.4. The maximum Gasteiger partial charge on any atom is 0.306 e. The van der Waals surface area contributed by atoms with E-state index in [2.05, 4.69) is 17.2 Å². The van der Waals surface area contributed by atoms with Crippen LogP contribution in [0.4, 0.5) is 0 Å². The SMILES string of the molecule is Cc1cccc(CNC(C)CCCC(C)C(=O)O)n1. The van der Waals surface area contributed by atoms with Crippen LogP contribution in [0.5, 0.6) is 0 Å². The first kappa shape index (κ1) is 15.6. The van der Waals surface area contributed by atoms with Gasteiger partial charge in [0.25, 0.3) is 0 Å². The Labute approximate surface area is 115 Å². The van der Waals surface area contributed by atoms with Gasteiger partial charge in [-0.05, 0) is 38.8 Å². The molecule has 0 amide bonds. The Morgan fingerprint density at radius 1 is 1.37 bits per heavy atom. The van der Waals surface area contributed by atoms with E-state index < -0.39 is 5.97 Å². The molecule has 4 heteroatoms. The molecular weight excluding hydrogens is 240 g/mol. The first-order valence-corrected chi connectivity index (χ1v) is 6.87. The molecule has 0 radical (unpaired) electrons. The van der Waals surface area contributed by atoms with Crippen molar-refractivity contribution in [1.82, 2.24) is 10.3 Å². The van der Waals surface area contributed by atoms with Crippen molar-refractivity contribution in [1.29, 1.82) is 0 Å². The number of hydrogen-bond donors (Lipinski definition) is 2. The molecule has 1 heterocycles. The van der Waals surface area contributed by atoms with Crippen LogP contribution in [0.1, 0.15) is 44.5 Å². The lowest BCUT2D eigenvalue weighted by Crippen LogP contribution is -2.26. The number of carbonyl (C=O) groups is 1. The minimum absolute atomic E-state index is 0.245. The monoisotopic (exact) mass is 264 g/mol. The third kappa shape index (κ3) is 6.34. The molecular formula is C15H24N2O2. The normalized spacial score (nSPS) is 14.1. The van der Waals surface area contributed by atoms with Crippen LogP contribution in [0.3, 0.4) is 0 Å². The van der Waals surface area contributed by atoms with Gasteiger partial charge in [-0.1, -0.05) is 19.4 Å². The fraction of sp³-hybridized carbons (Fsp3) is 0.600. The van der Waals surface area contributed by atoms with E-state index in [0.717, 1.165) is 37.2 Å². The molecule has 2 atom stereocenters. The predicted molar refractivity (Wildman–Crippen MR) is 75.9 cm³/mol. The van der Waals surface area contributed by atoms with Gasteiger partial charge in [0.05, 0.1) is 11.6 Å². The van der Waals surface area contributed by atoms with E-state index >= 15 is 0 Å². The van der Waals surface area contributed by atoms with Gasteiger partial charge in [-0.3, -0.25) is 9.78 Å². The number of carboxylic acid groups (broad SMARTS) is 1. The summed E-state index contributed by atoms with van der Waals surface area (Å²) in [4.78, 5) is 15.1. The van der Waals surface area contributed by atoms with Crippen molar-refractivity contribution in [2.24, 2.45) is 5.92 Å². The van der Waals surface area contributed by atoms with Crippen LogP contribution in [-0.2, 0) is 11.3 Å². The van der Waals surface area contributed by atoms with E-state index in [1.54, 1.807) is 6.92 Å². The lowest BCUT2D eigenvalue weighted by molar-refractivity contribution is -0.141. The molecule has 0 aliphatic carbocycles. The van der Waals surface area contributed by atoms with Crippen molar-refractivity contribution in [3.63, 3.8) is 0 Å². The quantitative estimate of drug-likeness (QED) is 0.758. The Bertz CT molecular complexity index is 407. The van der Waals surface area contributed by atoms with Gasteiger partial charge >= 0.3 is 5.97 Å². The average Bonchev–Trinajstić information content (AvgIpc) is 2.36. The molecule has 1 aromatic heterocycles. The highest BCUT2D eigenvalue weighted by molar-refractivity contribution is 5.69. The van der Waals surface area contributed by atoms with Crippen LogP contribution in [0, 0.1) is 12.8 Å². The largest absolute Gasteiger partial charge is 0.481 e. The zero-order chi connectivity index (χ0) is 14.3. The third-order valence-electron chi connectivity index (χ3n) is 3.27. The topological polar surface area (TPSA) is 62.2 Å². The summed E-state index contributed by atoms with van der Waals surface area (Å²) in [5.41, 5.74) is 2.08. The Morgan fingerprint density at radius 3 is 2.74 bits per heavy atom.